The van der Waals surface area contributed by atoms with Crippen LogP contribution in [0.15, 0.2) is 29.2 Å². The van der Waals surface area contributed by atoms with Gasteiger partial charge in [0.15, 0.2) is 0 Å². The first kappa shape index (κ1) is 10.6. The van der Waals surface area contributed by atoms with Gasteiger partial charge in [0, 0.05) is 4.90 Å². The van der Waals surface area contributed by atoms with Crippen LogP contribution in [0.1, 0.15) is 12.5 Å². The smallest absolute Gasteiger partial charge is 0.00720 e. The molecule has 0 aliphatic carbocycles. The second-order valence-corrected chi connectivity index (χ2v) is 4.27. The molecule has 1 N–H and O–H groups in total. The zero-order valence-corrected chi connectivity index (χ0v) is 9.16. The lowest BCUT2D eigenvalue weighted by Gasteiger charge is -2.02. The highest BCUT2D eigenvalue weighted by Gasteiger charge is 1.93. The third-order valence-corrected chi connectivity index (χ3v) is 2.79. The van der Waals surface area contributed by atoms with Gasteiger partial charge in [0.2, 0.25) is 0 Å². The molecule has 1 nitrogen and oxygen atoms in total. The van der Waals surface area contributed by atoms with Crippen molar-refractivity contribution >= 4 is 11.8 Å². The van der Waals surface area contributed by atoms with E-state index >= 15 is 0 Å². The van der Waals surface area contributed by atoms with Crippen molar-refractivity contribution in [2.24, 2.45) is 0 Å². The molecule has 0 fully saturated rings. The Kier molecular flexibility index (Phi) is 4.94. The highest BCUT2D eigenvalue weighted by atomic mass is 32.2. The highest BCUT2D eigenvalue weighted by Crippen LogP contribution is 2.17. The minimum absolute atomic E-state index is 1.06. The molecule has 72 valence electrons. The average molecular weight is 195 g/mol. The number of nitrogens with one attached hydrogen (secondary N) is 1. The summed E-state index contributed by atoms with van der Waals surface area (Å²) in [6.07, 6.45) is 1.12. The topological polar surface area (TPSA) is 12.0 Å². The molecule has 1 aromatic rings. The van der Waals surface area contributed by atoms with Gasteiger partial charge >= 0.3 is 0 Å². The summed E-state index contributed by atoms with van der Waals surface area (Å²) < 4.78 is 0. The van der Waals surface area contributed by atoms with Gasteiger partial charge in [0.1, 0.15) is 0 Å². The lowest BCUT2D eigenvalue weighted by molar-refractivity contribution is 0.791. The first-order valence-corrected chi connectivity index (χ1v) is 5.71. The molecule has 0 amide bonds. The van der Waals surface area contributed by atoms with Crippen LogP contribution in [0, 0.1) is 0 Å². The molecule has 0 atom stereocenters. The molecule has 0 bridgehead atoms. The van der Waals surface area contributed by atoms with E-state index in [0.29, 0.717) is 0 Å². The molecule has 0 unspecified atom stereocenters. The fourth-order valence-electron chi connectivity index (χ4n) is 1.19. The number of benzene rings is 1. The van der Waals surface area contributed by atoms with E-state index < -0.39 is 0 Å². The molecule has 1 rings (SSSR count). The average Bonchev–Trinajstić information content (AvgIpc) is 2.17. The minimum Gasteiger partial charge on any atom is -0.319 e. The monoisotopic (exact) mass is 195 g/mol. The third kappa shape index (κ3) is 3.83. The molecule has 0 saturated heterocycles. The Morgan fingerprint density at radius 1 is 1.23 bits per heavy atom. The van der Waals surface area contributed by atoms with E-state index in [-0.39, 0.29) is 0 Å². The van der Waals surface area contributed by atoms with Gasteiger partial charge in [-0.25, -0.2) is 0 Å². The maximum Gasteiger partial charge on any atom is 0.00720 e. The predicted octanol–water partition coefficient (Wildman–Crippen LogP) is 2.56. The predicted molar refractivity (Wildman–Crippen MR) is 60.5 cm³/mol. The maximum absolute atomic E-state index is 3.15. The summed E-state index contributed by atoms with van der Waals surface area (Å²) in [4.78, 5) is 1.37. The summed E-state index contributed by atoms with van der Waals surface area (Å²) in [7, 11) is 1.99. The van der Waals surface area contributed by atoms with E-state index in [1.165, 1.54) is 10.5 Å². The molecular formula is C11H17NS. The summed E-state index contributed by atoms with van der Waals surface area (Å²) >= 11 is 1.89. The fraction of sp³-hybridized carbons (Fsp3) is 0.455. The number of hydrogen-bond donors (Lipinski definition) is 1. The minimum atomic E-state index is 1.06. The van der Waals surface area contributed by atoms with Crippen LogP contribution in [0.4, 0.5) is 0 Å². The van der Waals surface area contributed by atoms with Crippen molar-refractivity contribution in [3.63, 3.8) is 0 Å². The molecular weight excluding hydrogens is 178 g/mol. The van der Waals surface area contributed by atoms with E-state index in [1.54, 1.807) is 0 Å². The Labute approximate surface area is 84.9 Å². The number of rotatable bonds is 5. The van der Waals surface area contributed by atoms with Crippen molar-refractivity contribution in [1.29, 1.82) is 0 Å². The third-order valence-electron chi connectivity index (χ3n) is 1.90. The Morgan fingerprint density at radius 2 is 1.92 bits per heavy atom. The van der Waals surface area contributed by atoms with Crippen LogP contribution in [0.5, 0.6) is 0 Å². The second-order valence-electron chi connectivity index (χ2n) is 2.93. The Morgan fingerprint density at radius 3 is 2.46 bits per heavy atom. The second kappa shape index (κ2) is 6.06. The lowest BCUT2D eigenvalue weighted by atomic mass is 10.1. The fourth-order valence-corrected chi connectivity index (χ4v) is 1.85. The summed E-state index contributed by atoms with van der Waals surface area (Å²) in [6, 6.07) is 8.85. The van der Waals surface area contributed by atoms with Gasteiger partial charge in [-0.05, 0) is 43.5 Å². The van der Waals surface area contributed by atoms with Gasteiger partial charge < -0.3 is 5.32 Å². The van der Waals surface area contributed by atoms with E-state index in [1.807, 2.05) is 18.8 Å². The van der Waals surface area contributed by atoms with Gasteiger partial charge in [-0.1, -0.05) is 19.1 Å². The molecule has 0 heterocycles. The molecule has 2 heteroatoms. The molecule has 0 aliphatic heterocycles. The van der Waals surface area contributed by atoms with Gasteiger partial charge in [0.05, 0.1) is 0 Å². The molecule has 13 heavy (non-hydrogen) atoms. The van der Waals surface area contributed by atoms with Crippen molar-refractivity contribution in [2.75, 3.05) is 19.3 Å². The highest BCUT2D eigenvalue weighted by molar-refractivity contribution is 7.99. The van der Waals surface area contributed by atoms with E-state index in [9.17, 15) is 0 Å². The largest absolute Gasteiger partial charge is 0.319 e. The number of hydrogen-bond acceptors (Lipinski definition) is 2. The number of thioether (sulfide) groups is 1. The maximum atomic E-state index is 3.15. The normalized spacial score (nSPS) is 10.3. The molecule has 0 spiro atoms. The van der Waals surface area contributed by atoms with Gasteiger partial charge in [0.25, 0.3) is 0 Å². The van der Waals surface area contributed by atoms with Crippen molar-refractivity contribution in [3.8, 4) is 0 Å². The Hall–Kier alpha value is -0.470. The van der Waals surface area contributed by atoms with Gasteiger partial charge in [-0.15, -0.1) is 11.8 Å². The van der Waals surface area contributed by atoms with Crippen LogP contribution in [0.2, 0.25) is 0 Å². The van der Waals surface area contributed by atoms with Crippen LogP contribution in [-0.2, 0) is 6.42 Å². The molecule has 0 aliphatic rings. The first-order chi connectivity index (χ1) is 6.36. The zero-order chi connectivity index (χ0) is 9.52. The summed E-state index contributed by atoms with van der Waals surface area (Å²) in [5, 5.41) is 3.15. The van der Waals surface area contributed by atoms with Gasteiger partial charge in [-0.2, -0.15) is 0 Å². The molecule has 0 aromatic heterocycles. The Bertz CT molecular complexity index is 230. The van der Waals surface area contributed by atoms with E-state index in [0.717, 1.165) is 18.7 Å². The summed E-state index contributed by atoms with van der Waals surface area (Å²) in [5.41, 5.74) is 1.41. The summed E-state index contributed by atoms with van der Waals surface area (Å²) in [5.74, 6) is 1.15. The van der Waals surface area contributed by atoms with Crippen LogP contribution in [0.3, 0.4) is 0 Å². The molecule has 0 saturated carbocycles. The van der Waals surface area contributed by atoms with Crippen LogP contribution in [-0.4, -0.2) is 19.3 Å². The Balaban J connectivity index is 2.48. The van der Waals surface area contributed by atoms with Crippen molar-refractivity contribution in [2.45, 2.75) is 18.2 Å². The van der Waals surface area contributed by atoms with Crippen molar-refractivity contribution in [1.82, 2.24) is 5.32 Å². The lowest BCUT2D eigenvalue weighted by Crippen LogP contribution is -2.10. The quantitative estimate of drug-likeness (QED) is 0.725. The van der Waals surface area contributed by atoms with Crippen LogP contribution < -0.4 is 5.32 Å². The summed E-state index contributed by atoms with van der Waals surface area (Å²) in [6.45, 7) is 3.24. The number of likely N-dealkylation sites (N-methyl/N-ethyl adjacent to an activating group) is 1. The first-order valence-electron chi connectivity index (χ1n) is 4.73. The van der Waals surface area contributed by atoms with E-state index in [4.69, 9.17) is 0 Å². The standard InChI is InChI=1S/C11H17NS/c1-3-13-11-6-4-10(5-7-11)8-9-12-2/h4-7,12H,3,8-9H2,1-2H3. The van der Waals surface area contributed by atoms with Crippen molar-refractivity contribution in [3.05, 3.63) is 29.8 Å². The molecule has 1 aromatic carbocycles. The van der Waals surface area contributed by atoms with Crippen LogP contribution >= 0.6 is 11.8 Å². The SMILES string of the molecule is CCSc1ccc(CCNC)cc1. The van der Waals surface area contributed by atoms with Crippen LogP contribution in [0.25, 0.3) is 0 Å². The molecule has 0 radical (unpaired) electrons. The van der Waals surface area contributed by atoms with Crippen molar-refractivity contribution < 1.29 is 0 Å². The van der Waals surface area contributed by atoms with Gasteiger partial charge in [-0.3, -0.25) is 0 Å². The zero-order valence-electron chi connectivity index (χ0n) is 8.34. The van der Waals surface area contributed by atoms with E-state index in [2.05, 4.69) is 36.5 Å².